The van der Waals surface area contributed by atoms with Gasteiger partial charge in [0.1, 0.15) is 0 Å². The van der Waals surface area contributed by atoms with Gasteiger partial charge in [-0.05, 0) is 20.3 Å². The van der Waals surface area contributed by atoms with Gasteiger partial charge in [0.05, 0.1) is 13.0 Å². The third-order valence-electron chi connectivity index (χ3n) is 1.59. The number of nitrogens with zero attached hydrogens (tertiary/aromatic N) is 1. The summed E-state index contributed by atoms with van der Waals surface area (Å²) in [4.78, 5) is 15.2. The monoisotopic (exact) mass is 201 g/mol. The van der Waals surface area contributed by atoms with E-state index in [1.54, 1.807) is 14.0 Å². The molecule has 0 bridgehead atoms. The number of esters is 1. The molecular weight excluding hydrogens is 182 g/mol. The topological polar surface area (TPSA) is 47.9 Å². The van der Waals surface area contributed by atoms with Crippen molar-refractivity contribution in [2.45, 2.75) is 26.7 Å². The summed E-state index contributed by atoms with van der Waals surface area (Å²) in [7, 11) is 1.66. The van der Waals surface area contributed by atoms with Gasteiger partial charge < -0.3 is 9.47 Å². The standard InChI is InChI=1S/C10H19NO3/c1-4-14-10(12)8-9(2)11-6-5-7-13-3/h4-8H2,1-3H3. The quantitative estimate of drug-likeness (QED) is 0.356. The van der Waals surface area contributed by atoms with Crippen molar-refractivity contribution < 1.29 is 14.3 Å². The molecule has 82 valence electrons. The van der Waals surface area contributed by atoms with Crippen LogP contribution in [0.4, 0.5) is 0 Å². The summed E-state index contributed by atoms with van der Waals surface area (Å²) >= 11 is 0. The van der Waals surface area contributed by atoms with Crippen molar-refractivity contribution in [1.29, 1.82) is 0 Å². The van der Waals surface area contributed by atoms with Crippen LogP contribution in [0.15, 0.2) is 4.99 Å². The minimum absolute atomic E-state index is 0.208. The SMILES string of the molecule is CCOC(=O)CC(C)=NCCCOC. The van der Waals surface area contributed by atoms with E-state index in [4.69, 9.17) is 9.47 Å². The van der Waals surface area contributed by atoms with Crippen LogP contribution in [0.1, 0.15) is 26.7 Å². The molecular formula is C10H19NO3. The first kappa shape index (κ1) is 13.1. The van der Waals surface area contributed by atoms with Gasteiger partial charge in [0.15, 0.2) is 0 Å². The van der Waals surface area contributed by atoms with Gasteiger partial charge in [-0.1, -0.05) is 0 Å². The van der Waals surface area contributed by atoms with Crippen LogP contribution in [0.5, 0.6) is 0 Å². The Balaban J connectivity index is 3.60. The molecule has 0 N–H and O–H groups in total. The number of carbonyl (C=O) groups excluding carboxylic acids is 1. The van der Waals surface area contributed by atoms with Crippen LogP contribution >= 0.6 is 0 Å². The van der Waals surface area contributed by atoms with Gasteiger partial charge in [0.25, 0.3) is 0 Å². The lowest BCUT2D eigenvalue weighted by Crippen LogP contribution is -2.09. The lowest BCUT2D eigenvalue weighted by atomic mass is 10.3. The second-order valence-electron chi connectivity index (χ2n) is 2.95. The first-order valence-electron chi connectivity index (χ1n) is 4.85. The molecule has 0 aromatic carbocycles. The lowest BCUT2D eigenvalue weighted by molar-refractivity contribution is -0.141. The Morgan fingerprint density at radius 3 is 2.71 bits per heavy atom. The molecule has 14 heavy (non-hydrogen) atoms. The van der Waals surface area contributed by atoms with Crippen molar-refractivity contribution in [3.63, 3.8) is 0 Å². The van der Waals surface area contributed by atoms with Crippen LogP contribution in [0, 0.1) is 0 Å². The number of methoxy groups -OCH3 is 1. The Kier molecular flexibility index (Phi) is 8.13. The Hall–Kier alpha value is -0.900. The van der Waals surface area contributed by atoms with Crippen molar-refractivity contribution >= 4 is 11.7 Å². The molecule has 0 spiro atoms. The van der Waals surface area contributed by atoms with Crippen LogP contribution < -0.4 is 0 Å². The zero-order valence-electron chi connectivity index (χ0n) is 9.21. The summed E-state index contributed by atoms with van der Waals surface area (Å²) in [6.07, 6.45) is 1.18. The Morgan fingerprint density at radius 2 is 2.14 bits per heavy atom. The van der Waals surface area contributed by atoms with Crippen LogP contribution in [-0.4, -0.2) is 38.5 Å². The predicted octanol–water partition coefficient (Wildman–Crippen LogP) is 1.44. The van der Waals surface area contributed by atoms with Crippen molar-refractivity contribution in [1.82, 2.24) is 0 Å². The molecule has 0 aliphatic heterocycles. The largest absolute Gasteiger partial charge is 0.466 e. The number of ether oxygens (including phenoxy) is 2. The van der Waals surface area contributed by atoms with Crippen molar-refractivity contribution in [3.05, 3.63) is 0 Å². The van der Waals surface area contributed by atoms with Crippen LogP contribution in [0.2, 0.25) is 0 Å². The minimum Gasteiger partial charge on any atom is -0.466 e. The molecule has 0 saturated carbocycles. The van der Waals surface area contributed by atoms with Gasteiger partial charge in [0, 0.05) is 26.0 Å². The normalized spacial score (nSPS) is 11.5. The minimum atomic E-state index is -0.208. The van der Waals surface area contributed by atoms with Crippen molar-refractivity contribution in [2.24, 2.45) is 4.99 Å². The van der Waals surface area contributed by atoms with E-state index in [0.717, 1.165) is 12.1 Å². The van der Waals surface area contributed by atoms with E-state index in [-0.39, 0.29) is 5.97 Å². The molecule has 0 atom stereocenters. The molecule has 0 fully saturated rings. The molecule has 0 unspecified atom stereocenters. The van der Waals surface area contributed by atoms with E-state index in [1.807, 2.05) is 6.92 Å². The van der Waals surface area contributed by atoms with Gasteiger partial charge in [-0.3, -0.25) is 9.79 Å². The van der Waals surface area contributed by atoms with Crippen LogP contribution in [0.25, 0.3) is 0 Å². The average molecular weight is 201 g/mol. The summed E-state index contributed by atoms with van der Waals surface area (Å²) in [6, 6.07) is 0. The second-order valence-corrected chi connectivity index (χ2v) is 2.95. The first-order valence-corrected chi connectivity index (χ1v) is 4.85. The van der Waals surface area contributed by atoms with E-state index in [9.17, 15) is 4.79 Å². The third-order valence-corrected chi connectivity index (χ3v) is 1.59. The summed E-state index contributed by atoms with van der Waals surface area (Å²) < 4.78 is 9.68. The molecule has 4 heteroatoms. The summed E-state index contributed by atoms with van der Waals surface area (Å²) in [5, 5.41) is 0. The molecule has 0 rings (SSSR count). The molecule has 0 heterocycles. The van der Waals surface area contributed by atoms with Crippen LogP contribution in [-0.2, 0) is 14.3 Å². The predicted molar refractivity (Wildman–Crippen MR) is 55.7 cm³/mol. The van der Waals surface area contributed by atoms with E-state index in [2.05, 4.69) is 4.99 Å². The summed E-state index contributed by atoms with van der Waals surface area (Å²) in [5.74, 6) is -0.208. The van der Waals surface area contributed by atoms with Crippen molar-refractivity contribution in [3.8, 4) is 0 Å². The van der Waals surface area contributed by atoms with Gasteiger partial charge >= 0.3 is 5.97 Å². The second kappa shape index (κ2) is 8.69. The molecule has 0 aliphatic rings. The Labute approximate surface area is 85.3 Å². The van der Waals surface area contributed by atoms with E-state index < -0.39 is 0 Å². The molecule has 0 aliphatic carbocycles. The van der Waals surface area contributed by atoms with E-state index in [0.29, 0.717) is 26.2 Å². The Bertz CT molecular complexity index is 190. The highest BCUT2D eigenvalue weighted by Crippen LogP contribution is 1.92. The fraction of sp³-hybridized carbons (Fsp3) is 0.800. The molecule has 0 amide bonds. The molecule has 0 radical (unpaired) electrons. The smallest absolute Gasteiger partial charge is 0.311 e. The molecule has 0 aromatic rings. The fourth-order valence-electron chi connectivity index (χ4n) is 0.956. The highest BCUT2D eigenvalue weighted by molar-refractivity contribution is 5.97. The zero-order valence-corrected chi connectivity index (χ0v) is 9.21. The Morgan fingerprint density at radius 1 is 1.43 bits per heavy atom. The van der Waals surface area contributed by atoms with Gasteiger partial charge in [-0.15, -0.1) is 0 Å². The number of rotatable bonds is 7. The fourth-order valence-corrected chi connectivity index (χ4v) is 0.956. The highest BCUT2D eigenvalue weighted by atomic mass is 16.5. The third kappa shape index (κ3) is 7.73. The number of hydrogen-bond donors (Lipinski definition) is 0. The summed E-state index contributed by atoms with van der Waals surface area (Å²) in [6.45, 7) is 5.47. The number of aliphatic imine (C=N–C) groups is 1. The maximum Gasteiger partial charge on any atom is 0.311 e. The summed E-state index contributed by atoms with van der Waals surface area (Å²) in [5.41, 5.74) is 0.819. The van der Waals surface area contributed by atoms with E-state index in [1.165, 1.54) is 0 Å². The van der Waals surface area contributed by atoms with E-state index >= 15 is 0 Å². The maximum absolute atomic E-state index is 11.0. The van der Waals surface area contributed by atoms with Gasteiger partial charge in [0.2, 0.25) is 0 Å². The average Bonchev–Trinajstić information content (AvgIpc) is 2.13. The first-order chi connectivity index (χ1) is 6.70. The lowest BCUT2D eigenvalue weighted by Gasteiger charge is -2.01. The van der Waals surface area contributed by atoms with Crippen LogP contribution in [0.3, 0.4) is 0 Å². The maximum atomic E-state index is 11.0. The highest BCUT2D eigenvalue weighted by Gasteiger charge is 2.02. The van der Waals surface area contributed by atoms with Gasteiger partial charge in [-0.2, -0.15) is 0 Å². The molecule has 4 nitrogen and oxygen atoms in total. The van der Waals surface area contributed by atoms with Gasteiger partial charge in [-0.25, -0.2) is 0 Å². The number of hydrogen-bond acceptors (Lipinski definition) is 4. The zero-order chi connectivity index (χ0) is 10.8. The molecule has 0 aromatic heterocycles. The molecule has 0 saturated heterocycles. The van der Waals surface area contributed by atoms with Crippen molar-refractivity contribution in [2.75, 3.05) is 26.9 Å². The number of carbonyl (C=O) groups is 1.